The molecule has 0 atom stereocenters. The average molecular weight is 229 g/mol. The summed E-state index contributed by atoms with van der Waals surface area (Å²) in [7, 11) is 1.79. The molecule has 3 heteroatoms. The Balaban J connectivity index is 1.98. The summed E-state index contributed by atoms with van der Waals surface area (Å²) in [6.45, 7) is 0. The third kappa shape index (κ3) is 3.50. The Bertz CT molecular complexity index is 389. The molecule has 0 fully saturated rings. The zero-order chi connectivity index (χ0) is 11.9. The van der Waals surface area contributed by atoms with Gasteiger partial charge in [0, 0.05) is 0 Å². The highest BCUT2D eigenvalue weighted by Crippen LogP contribution is 2.14. The molecule has 2 aromatic rings. The lowest BCUT2D eigenvalue weighted by atomic mass is 10.3. The van der Waals surface area contributed by atoms with E-state index in [0.29, 0.717) is 0 Å². The van der Waals surface area contributed by atoms with Crippen LogP contribution < -0.4 is 14.8 Å². The van der Waals surface area contributed by atoms with Crippen molar-refractivity contribution in [1.82, 2.24) is 5.32 Å². The predicted molar refractivity (Wildman–Crippen MR) is 67.0 cm³/mol. The van der Waals surface area contributed by atoms with E-state index in [-0.39, 0.29) is 0 Å². The largest absolute Gasteiger partial charge is 0.442 e. The van der Waals surface area contributed by atoms with E-state index >= 15 is 0 Å². The summed E-state index contributed by atoms with van der Waals surface area (Å²) >= 11 is 0. The number of hydrogen-bond donors (Lipinski definition) is 1. The topological polar surface area (TPSA) is 30.5 Å². The van der Waals surface area contributed by atoms with Crippen LogP contribution in [0.3, 0.4) is 0 Å². The van der Waals surface area contributed by atoms with Crippen molar-refractivity contribution in [3.8, 4) is 11.5 Å². The minimum absolute atomic E-state index is 0.500. The van der Waals surface area contributed by atoms with E-state index in [1.54, 1.807) is 7.05 Å². The van der Waals surface area contributed by atoms with E-state index in [1.807, 2.05) is 60.7 Å². The van der Waals surface area contributed by atoms with Crippen molar-refractivity contribution in [1.29, 1.82) is 0 Å². The van der Waals surface area contributed by atoms with E-state index in [1.165, 1.54) is 0 Å². The maximum atomic E-state index is 5.63. The first-order chi connectivity index (χ1) is 8.38. The third-order valence-electron chi connectivity index (χ3n) is 2.21. The van der Waals surface area contributed by atoms with Crippen molar-refractivity contribution in [3.63, 3.8) is 0 Å². The zero-order valence-corrected chi connectivity index (χ0v) is 9.67. The van der Waals surface area contributed by atoms with Crippen molar-refractivity contribution in [2.45, 2.75) is 6.41 Å². The Morgan fingerprint density at radius 3 is 1.53 bits per heavy atom. The first kappa shape index (κ1) is 11.5. The molecule has 2 rings (SSSR count). The van der Waals surface area contributed by atoms with Crippen molar-refractivity contribution in [2.75, 3.05) is 7.05 Å². The Morgan fingerprint density at radius 1 is 0.765 bits per heavy atom. The standard InChI is InChI=1S/C14H15NO2/c1-15-14(16-12-8-4-2-5-9-12)17-13-10-6-3-7-11-13/h2-11,14-15H,1H3. The van der Waals surface area contributed by atoms with Crippen LogP contribution in [0, 0.1) is 0 Å². The molecule has 0 saturated carbocycles. The molecule has 0 unspecified atom stereocenters. The van der Waals surface area contributed by atoms with Gasteiger partial charge in [0.05, 0.1) is 0 Å². The van der Waals surface area contributed by atoms with Gasteiger partial charge in [0.15, 0.2) is 0 Å². The first-order valence-electron chi connectivity index (χ1n) is 5.49. The quantitative estimate of drug-likeness (QED) is 0.799. The fraction of sp³-hybridized carbons (Fsp3) is 0.143. The minimum Gasteiger partial charge on any atom is -0.442 e. The van der Waals surface area contributed by atoms with E-state index in [4.69, 9.17) is 9.47 Å². The van der Waals surface area contributed by atoms with Gasteiger partial charge in [-0.2, -0.15) is 0 Å². The SMILES string of the molecule is CNC(Oc1ccccc1)Oc1ccccc1. The highest BCUT2D eigenvalue weighted by molar-refractivity contribution is 5.23. The van der Waals surface area contributed by atoms with Crippen molar-refractivity contribution in [3.05, 3.63) is 60.7 Å². The molecule has 3 nitrogen and oxygen atoms in total. The van der Waals surface area contributed by atoms with Crippen LogP contribution in [0.2, 0.25) is 0 Å². The van der Waals surface area contributed by atoms with Crippen molar-refractivity contribution < 1.29 is 9.47 Å². The molecular formula is C14H15NO2. The van der Waals surface area contributed by atoms with Gasteiger partial charge in [-0.15, -0.1) is 0 Å². The van der Waals surface area contributed by atoms with Crippen LogP contribution in [0.15, 0.2) is 60.7 Å². The van der Waals surface area contributed by atoms with Crippen LogP contribution >= 0.6 is 0 Å². The fourth-order valence-corrected chi connectivity index (χ4v) is 1.39. The Morgan fingerprint density at radius 2 is 1.18 bits per heavy atom. The normalized spacial score (nSPS) is 10.2. The van der Waals surface area contributed by atoms with Crippen LogP contribution in [-0.4, -0.2) is 13.5 Å². The lowest BCUT2D eigenvalue weighted by molar-refractivity contribution is -0.0157. The Kier molecular flexibility index (Phi) is 4.00. The second-order valence-electron chi connectivity index (χ2n) is 3.48. The molecule has 0 saturated heterocycles. The number of ether oxygens (including phenoxy) is 2. The maximum Gasteiger partial charge on any atom is 0.302 e. The van der Waals surface area contributed by atoms with Crippen LogP contribution in [0.25, 0.3) is 0 Å². The van der Waals surface area contributed by atoms with Crippen molar-refractivity contribution >= 4 is 0 Å². The number of para-hydroxylation sites is 2. The number of rotatable bonds is 5. The highest BCUT2D eigenvalue weighted by atomic mass is 16.7. The molecule has 1 N–H and O–H groups in total. The van der Waals surface area contributed by atoms with Crippen LogP contribution in [0.1, 0.15) is 0 Å². The molecule has 17 heavy (non-hydrogen) atoms. The number of benzene rings is 2. The van der Waals surface area contributed by atoms with Gasteiger partial charge in [-0.05, 0) is 31.3 Å². The average Bonchev–Trinajstić information content (AvgIpc) is 2.40. The Hall–Kier alpha value is -2.00. The molecule has 0 heterocycles. The van der Waals surface area contributed by atoms with Gasteiger partial charge in [-0.1, -0.05) is 36.4 Å². The second kappa shape index (κ2) is 5.92. The maximum absolute atomic E-state index is 5.63. The van der Waals surface area contributed by atoms with E-state index < -0.39 is 6.41 Å². The molecule has 0 amide bonds. The monoisotopic (exact) mass is 229 g/mol. The summed E-state index contributed by atoms with van der Waals surface area (Å²) in [6.07, 6.45) is -0.500. The molecule has 0 bridgehead atoms. The predicted octanol–water partition coefficient (Wildman–Crippen LogP) is 2.65. The Labute approximate surface area is 101 Å². The summed E-state index contributed by atoms with van der Waals surface area (Å²) in [4.78, 5) is 0. The van der Waals surface area contributed by atoms with E-state index in [9.17, 15) is 0 Å². The van der Waals surface area contributed by atoms with Crippen molar-refractivity contribution in [2.24, 2.45) is 0 Å². The highest BCUT2D eigenvalue weighted by Gasteiger charge is 2.08. The zero-order valence-electron chi connectivity index (χ0n) is 9.67. The van der Waals surface area contributed by atoms with E-state index in [0.717, 1.165) is 11.5 Å². The number of hydrogen-bond acceptors (Lipinski definition) is 3. The summed E-state index contributed by atoms with van der Waals surface area (Å²) in [5.41, 5.74) is 0. The fourth-order valence-electron chi connectivity index (χ4n) is 1.39. The van der Waals surface area contributed by atoms with E-state index in [2.05, 4.69) is 5.32 Å². The van der Waals surface area contributed by atoms with Gasteiger partial charge in [-0.25, -0.2) is 0 Å². The lowest BCUT2D eigenvalue weighted by Crippen LogP contribution is -2.36. The van der Waals surface area contributed by atoms with Gasteiger partial charge in [0.2, 0.25) is 0 Å². The lowest BCUT2D eigenvalue weighted by Gasteiger charge is -2.19. The smallest absolute Gasteiger partial charge is 0.302 e. The number of nitrogens with one attached hydrogen (secondary N) is 1. The minimum atomic E-state index is -0.500. The molecule has 0 aliphatic heterocycles. The molecule has 0 aromatic heterocycles. The molecule has 88 valence electrons. The molecule has 0 aliphatic carbocycles. The van der Waals surface area contributed by atoms with Crippen LogP contribution in [0.5, 0.6) is 11.5 Å². The van der Waals surface area contributed by atoms with Crippen LogP contribution in [0.4, 0.5) is 0 Å². The molecule has 0 spiro atoms. The summed E-state index contributed by atoms with van der Waals surface area (Å²) < 4.78 is 11.3. The van der Waals surface area contributed by atoms with Gasteiger partial charge < -0.3 is 9.47 Å². The van der Waals surface area contributed by atoms with Crippen LogP contribution in [-0.2, 0) is 0 Å². The summed E-state index contributed by atoms with van der Waals surface area (Å²) in [5.74, 6) is 1.53. The molecular weight excluding hydrogens is 214 g/mol. The molecule has 0 radical (unpaired) electrons. The molecule has 2 aromatic carbocycles. The van der Waals surface area contributed by atoms with Gasteiger partial charge >= 0.3 is 6.41 Å². The first-order valence-corrected chi connectivity index (χ1v) is 5.49. The van der Waals surface area contributed by atoms with Gasteiger partial charge in [0.25, 0.3) is 0 Å². The molecule has 0 aliphatic rings. The second-order valence-corrected chi connectivity index (χ2v) is 3.48. The summed E-state index contributed by atoms with van der Waals surface area (Å²) in [5, 5.41) is 2.95. The summed E-state index contributed by atoms with van der Waals surface area (Å²) in [6, 6.07) is 19.1. The van der Waals surface area contributed by atoms with Gasteiger partial charge in [0.1, 0.15) is 11.5 Å². The third-order valence-corrected chi connectivity index (χ3v) is 2.21. The van der Waals surface area contributed by atoms with Gasteiger partial charge in [-0.3, -0.25) is 5.32 Å².